The van der Waals surface area contributed by atoms with Crippen LogP contribution in [0.2, 0.25) is 5.02 Å². The molecule has 7 nitrogen and oxygen atoms in total. The third-order valence-electron chi connectivity index (χ3n) is 6.02. The first kappa shape index (κ1) is 27.2. The molecule has 0 saturated carbocycles. The van der Waals surface area contributed by atoms with E-state index in [4.69, 9.17) is 11.6 Å². The van der Waals surface area contributed by atoms with E-state index in [1.807, 2.05) is 38.1 Å². The molecule has 0 saturated heterocycles. The molecule has 3 rings (SSSR count). The number of carbonyl (C=O) groups is 2. The molecule has 36 heavy (non-hydrogen) atoms. The van der Waals surface area contributed by atoms with Gasteiger partial charge in [0.2, 0.25) is 11.8 Å². The van der Waals surface area contributed by atoms with Crippen molar-refractivity contribution in [3.8, 4) is 0 Å². The molecule has 3 aromatic rings. The van der Waals surface area contributed by atoms with Crippen LogP contribution in [-0.2, 0) is 26.2 Å². The Balaban J connectivity index is 2.06. The average Bonchev–Trinajstić information content (AvgIpc) is 2.86. The van der Waals surface area contributed by atoms with Gasteiger partial charge in [0.25, 0.3) is 10.0 Å². The van der Waals surface area contributed by atoms with Gasteiger partial charge in [0, 0.05) is 13.6 Å². The van der Waals surface area contributed by atoms with E-state index in [0.717, 1.165) is 21.0 Å². The second kappa shape index (κ2) is 11.6. The van der Waals surface area contributed by atoms with Gasteiger partial charge in [0.1, 0.15) is 12.6 Å². The Morgan fingerprint density at radius 2 is 1.56 bits per heavy atom. The van der Waals surface area contributed by atoms with Crippen molar-refractivity contribution < 1.29 is 18.0 Å². The van der Waals surface area contributed by atoms with E-state index in [1.54, 1.807) is 43.3 Å². The van der Waals surface area contributed by atoms with Crippen LogP contribution >= 0.6 is 11.6 Å². The monoisotopic (exact) mass is 527 g/mol. The van der Waals surface area contributed by atoms with E-state index in [2.05, 4.69) is 5.32 Å². The number of carbonyl (C=O) groups excluding carboxylic acids is 2. The zero-order chi connectivity index (χ0) is 26.5. The van der Waals surface area contributed by atoms with Crippen molar-refractivity contribution in [2.24, 2.45) is 0 Å². The molecule has 9 heteroatoms. The minimum absolute atomic E-state index is 0.0330. The Morgan fingerprint density at radius 1 is 0.944 bits per heavy atom. The van der Waals surface area contributed by atoms with Gasteiger partial charge >= 0.3 is 0 Å². The molecule has 0 aliphatic heterocycles. The number of rotatable bonds is 9. The Bertz CT molecular complexity index is 1340. The lowest BCUT2D eigenvalue weighted by molar-refractivity contribution is -0.139. The quantitative estimate of drug-likeness (QED) is 0.449. The molecule has 0 aliphatic rings. The number of nitrogens with zero attached hydrogens (tertiary/aromatic N) is 2. The number of aryl methyl sites for hydroxylation is 2. The summed E-state index contributed by atoms with van der Waals surface area (Å²) in [4.78, 5) is 27.7. The van der Waals surface area contributed by atoms with Crippen LogP contribution in [-0.4, -0.2) is 44.8 Å². The number of para-hydroxylation sites is 1. The van der Waals surface area contributed by atoms with E-state index >= 15 is 0 Å². The van der Waals surface area contributed by atoms with Gasteiger partial charge in [-0.25, -0.2) is 8.42 Å². The number of hydrogen-bond acceptors (Lipinski definition) is 4. The van der Waals surface area contributed by atoms with Crippen molar-refractivity contribution in [1.29, 1.82) is 0 Å². The third kappa shape index (κ3) is 6.06. The minimum Gasteiger partial charge on any atom is -0.357 e. The van der Waals surface area contributed by atoms with Crippen molar-refractivity contribution in [2.45, 2.75) is 38.3 Å². The van der Waals surface area contributed by atoms with Crippen LogP contribution in [0.25, 0.3) is 0 Å². The molecule has 1 atom stereocenters. The van der Waals surface area contributed by atoms with Crippen molar-refractivity contribution in [2.75, 3.05) is 17.9 Å². The number of likely N-dealkylation sites (N-methyl/N-ethyl adjacent to an activating group) is 1. The van der Waals surface area contributed by atoms with E-state index < -0.39 is 28.5 Å². The van der Waals surface area contributed by atoms with Crippen LogP contribution in [0.3, 0.4) is 0 Å². The van der Waals surface area contributed by atoms with E-state index in [0.29, 0.717) is 0 Å². The van der Waals surface area contributed by atoms with E-state index in [9.17, 15) is 18.0 Å². The Morgan fingerprint density at radius 3 is 2.17 bits per heavy atom. The zero-order valence-electron chi connectivity index (χ0n) is 20.7. The first-order valence-electron chi connectivity index (χ1n) is 11.5. The minimum atomic E-state index is -4.15. The highest BCUT2D eigenvalue weighted by Gasteiger charge is 2.33. The van der Waals surface area contributed by atoms with Crippen LogP contribution in [0.5, 0.6) is 0 Å². The molecule has 0 heterocycles. The van der Waals surface area contributed by atoms with Gasteiger partial charge in [0.05, 0.1) is 15.6 Å². The number of amides is 2. The molecule has 0 radical (unpaired) electrons. The Labute approximate surface area is 217 Å². The molecule has 0 bridgehead atoms. The average molecular weight is 528 g/mol. The summed E-state index contributed by atoms with van der Waals surface area (Å²) in [7, 11) is -2.66. The summed E-state index contributed by atoms with van der Waals surface area (Å²) in [5.74, 6) is -0.896. The predicted molar refractivity (Wildman–Crippen MR) is 142 cm³/mol. The second-order valence-corrected chi connectivity index (χ2v) is 10.8. The van der Waals surface area contributed by atoms with Gasteiger partial charge in [-0.05, 0) is 56.2 Å². The SMILES string of the molecule is CNC(=O)C(C)N(Cc1ccccc1C)C(=O)CN(c1ccccc1Cl)S(=O)(=O)c1ccc(C)cc1. The molecule has 0 aliphatic carbocycles. The summed E-state index contributed by atoms with van der Waals surface area (Å²) in [6, 6.07) is 19.5. The first-order chi connectivity index (χ1) is 17.1. The molecule has 0 fully saturated rings. The van der Waals surface area contributed by atoms with Crippen LogP contribution in [0, 0.1) is 13.8 Å². The van der Waals surface area contributed by atoms with Crippen molar-refractivity contribution in [3.63, 3.8) is 0 Å². The maximum absolute atomic E-state index is 13.7. The molecule has 1 N–H and O–H groups in total. The van der Waals surface area contributed by atoms with Gasteiger partial charge in [-0.15, -0.1) is 0 Å². The maximum atomic E-state index is 13.7. The molecule has 0 spiro atoms. The van der Waals surface area contributed by atoms with Crippen molar-refractivity contribution >= 4 is 39.1 Å². The van der Waals surface area contributed by atoms with Crippen molar-refractivity contribution in [1.82, 2.24) is 10.2 Å². The first-order valence-corrected chi connectivity index (χ1v) is 13.3. The van der Waals surface area contributed by atoms with Crippen LogP contribution in [0.15, 0.2) is 77.7 Å². The number of anilines is 1. The fraction of sp³-hybridized carbons (Fsp3) is 0.259. The molecule has 0 aromatic heterocycles. The lowest BCUT2D eigenvalue weighted by Crippen LogP contribution is -2.50. The zero-order valence-corrected chi connectivity index (χ0v) is 22.3. The molecule has 3 aromatic carbocycles. The summed E-state index contributed by atoms with van der Waals surface area (Å²) < 4.78 is 28.5. The van der Waals surface area contributed by atoms with Gasteiger partial charge in [-0.3, -0.25) is 13.9 Å². The molecular formula is C27H30ClN3O4S. The number of benzene rings is 3. The summed E-state index contributed by atoms with van der Waals surface area (Å²) >= 11 is 6.39. The van der Waals surface area contributed by atoms with E-state index in [-0.39, 0.29) is 28.1 Å². The normalized spacial score (nSPS) is 12.0. The second-order valence-electron chi connectivity index (χ2n) is 8.51. The Kier molecular flexibility index (Phi) is 8.76. The molecular weight excluding hydrogens is 498 g/mol. The third-order valence-corrected chi connectivity index (χ3v) is 8.12. The van der Waals surface area contributed by atoms with Gasteiger partial charge in [0.15, 0.2) is 0 Å². The lowest BCUT2D eigenvalue weighted by Gasteiger charge is -2.32. The highest BCUT2D eigenvalue weighted by molar-refractivity contribution is 7.92. The fourth-order valence-electron chi connectivity index (χ4n) is 3.77. The number of hydrogen-bond donors (Lipinski definition) is 1. The summed E-state index contributed by atoms with van der Waals surface area (Å²) in [6.07, 6.45) is 0. The molecule has 1 unspecified atom stereocenters. The highest BCUT2D eigenvalue weighted by Crippen LogP contribution is 2.31. The van der Waals surface area contributed by atoms with Crippen LogP contribution < -0.4 is 9.62 Å². The molecule has 2 amide bonds. The maximum Gasteiger partial charge on any atom is 0.264 e. The standard InChI is InChI=1S/C27H30ClN3O4S/c1-19-13-15-23(16-14-19)36(34,35)31(25-12-8-7-11-24(25)28)18-26(32)30(21(3)27(33)29-4)17-22-10-6-5-9-20(22)2/h5-16,21H,17-18H2,1-4H3,(H,29,33). The highest BCUT2D eigenvalue weighted by atomic mass is 35.5. The lowest BCUT2D eigenvalue weighted by atomic mass is 10.1. The van der Waals surface area contributed by atoms with Crippen LogP contribution in [0.1, 0.15) is 23.6 Å². The number of halogens is 1. The predicted octanol–water partition coefficient (Wildman–Crippen LogP) is 4.32. The Hall–Kier alpha value is -3.36. The van der Waals surface area contributed by atoms with Crippen LogP contribution in [0.4, 0.5) is 5.69 Å². The smallest absolute Gasteiger partial charge is 0.264 e. The summed E-state index contributed by atoms with van der Waals surface area (Å²) in [5, 5.41) is 2.76. The summed E-state index contributed by atoms with van der Waals surface area (Å²) in [5.41, 5.74) is 2.89. The van der Waals surface area contributed by atoms with Gasteiger partial charge in [-0.2, -0.15) is 0 Å². The van der Waals surface area contributed by atoms with Gasteiger partial charge in [-0.1, -0.05) is 65.7 Å². The van der Waals surface area contributed by atoms with Crippen molar-refractivity contribution in [3.05, 3.63) is 94.5 Å². The largest absolute Gasteiger partial charge is 0.357 e. The molecule has 190 valence electrons. The number of sulfonamides is 1. The fourth-order valence-corrected chi connectivity index (χ4v) is 5.49. The number of nitrogens with one attached hydrogen (secondary N) is 1. The summed E-state index contributed by atoms with van der Waals surface area (Å²) in [6.45, 7) is 4.99. The topological polar surface area (TPSA) is 86.8 Å². The van der Waals surface area contributed by atoms with E-state index in [1.165, 1.54) is 24.1 Å². The van der Waals surface area contributed by atoms with Gasteiger partial charge < -0.3 is 10.2 Å².